The maximum absolute atomic E-state index is 11.7. The van der Waals surface area contributed by atoms with Gasteiger partial charge in [0.05, 0.1) is 0 Å². The van der Waals surface area contributed by atoms with Crippen molar-refractivity contribution >= 4 is 0 Å². The number of halogens is 6. The van der Waals surface area contributed by atoms with Crippen molar-refractivity contribution in [2.24, 2.45) is 5.92 Å². The lowest BCUT2D eigenvalue weighted by atomic mass is 9.97. The van der Waals surface area contributed by atoms with Gasteiger partial charge in [-0.05, 0) is 0 Å². The average molecular weight is 226 g/mol. The van der Waals surface area contributed by atoms with Crippen molar-refractivity contribution in [2.45, 2.75) is 31.5 Å². The third-order valence-corrected chi connectivity index (χ3v) is 1.67. The Morgan fingerprint density at radius 2 is 1.00 bits per heavy atom. The number of aliphatic hydroxyl groups is 2. The fourth-order valence-electron chi connectivity index (χ4n) is 0.769. The van der Waals surface area contributed by atoms with Crippen LogP contribution in [0.25, 0.3) is 0 Å². The highest BCUT2D eigenvalue weighted by atomic mass is 19.4. The molecule has 0 rings (SSSR count). The van der Waals surface area contributed by atoms with Gasteiger partial charge < -0.3 is 10.2 Å². The normalized spacial score (nSPS) is 20.4. The first kappa shape index (κ1) is 13.5. The van der Waals surface area contributed by atoms with Crippen LogP contribution in [0.15, 0.2) is 0 Å². The molecule has 0 aromatic carbocycles. The van der Waals surface area contributed by atoms with Crippen LogP contribution in [0.5, 0.6) is 0 Å². The molecule has 0 aliphatic rings. The summed E-state index contributed by atoms with van der Waals surface area (Å²) in [5, 5.41) is 16.8. The molecule has 2 N–H and O–H groups in total. The van der Waals surface area contributed by atoms with Crippen LogP contribution in [0.4, 0.5) is 26.3 Å². The summed E-state index contributed by atoms with van der Waals surface area (Å²) in [5.74, 6) is -2.35. The highest BCUT2D eigenvalue weighted by Gasteiger charge is 2.51. The predicted octanol–water partition coefficient (Wildman–Crippen LogP) is 1.47. The molecular formula is C6H8F6O2. The molecule has 0 heterocycles. The van der Waals surface area contributed by atoms with E-state index in [9.17, 15) is 26.3 Å². The Hall–Kier alpha value is -0.500. The minimum atomic E-state index is -5.17. The van der Waals surface area contributed by atoms with E-state index in [1.165, 1.54) is 0 Å². The Labute approximate surface area is 75.1 Å². The molecule has 0 spiro atoms. The summed E-state index contributed by atoms with van der Waals surface area (Å²) in [4.78, 5) is 0. The van der Waals surface area contributed by atoms with E-state index in [1.54, 1.807) is 0 Å². The van der Waals surface area contributed by atoms with Gasteiger partial charge in [0.25, 0.3) is 0 Å². The summed E-state index contributed by atoms with van der Waals surface area (Å²) >= 11 is 0. The van der Waals surface area contributed by atoms with Crippen LogP contribution in [0.3, 0.4) is 0 Å². The molecule has 0 aliphatic carbocycles. The van der Waals surface area contributed by atoms with E-state index < -0.39 is 30.5 Å². The molecule has 2 atom stereocenters. The maximum Gasteiger partial charge on any atom is 0.414 e. The number of alkyl halides is 6. The molecule has 0 aromatic heterocycles. The Morgan fingerprint density at radius 1 is 0.786 bits per heavy atom. The van der Waals surface area contributed by atoms with E-state index in [4.69, 9.17) is 10.2 Å². The Balaban J connectivity index is 4.56. The Bertz CT molecular complexity index is 166. The highest BCUT2D eigenvalue weighted by Crippen LogP contribution is 2.33. The minimum absolute atomic E-state index is 0.469. The molecule has 86 valence electrons. The lowest BCUT2D eigenvalue weighted by molar-refractivity contribution is -0.265. The van der Waals surface area contributed by atoms with Gasteiger partial charge in [0.1, 0.15) is 0 Å². The lowest BCUT2D eigenvalue weighted by Gasteiger charge is -2.26. The van der Waals surface area contributed by atoms with E-state index in [-0.39, 0.29) is 0 Å². The molecule has 0 aromatic rings. The summed E-state index contributed by atoms with van der Waals surface area (Å²) < 4.78 is 70.3. The largest absolute Gasteiger partial charge is 0.414 e. The Kier molecular flexibility index (Phi) is 3.79. The molecule has 0 saturated heterocycles. The van der Waals surface area contributed by atoms with Crippen LogP contribution in [0, 0.1) is 5.92 Å². The van der Waals surface area contributed by atoms with Gasteiger partial charge in [0, 0.05) is 5.92 Å². The van der Waals surface area contributed by atoms with Crippen molar-refractivity contribution in [1.82, 2.24) is 0 Å². The molecule has 0 amide bonds. The summed E-state index contributed by atoms with van der Waals surface area (Å²) in [6, 6.07) is 0. The van der Waals surface area contributed by atoms with Gasteiger partial charge >= 0.3 is 12.4 Å². The quantitative estimate of drug-likeness (QED) is 0.700. The zero-order valence-corrected chi connectivity index (χ0v) is 6.89. The third-order valence-electron chi connectivity index (χ3n) is 1.67. The predicted molar refractivity (Wildman–Crippen MR) is 33.3 cm³/mol. The fraction of sp³-hybridized carbons (Fsp3) is 1.00. The zero-order chi connectivity index (χ0) is 11.7. The number of hydrogen-bond donors (Lipinski definition) is 2. The molecule has 0 saturated carbocycles. The van der Waals surface area contributed by atoms with Gasteiger partial charge in [-0.15, -0.1) is 0 Å². The SMILES string of the molecule is CC(C(O)C(F)(F)F)C(O)C(F)(F)F. The van der Waals surface area contributed by atoms with Crippen LogP contribution >= 0.6 is 0 Å². The summed E-state index contributed by atoms with van der Waals surface area (Å²) in [7, 11) is 0. The smallest absolute Gasteiger partial charge is 0.383 e. The van der Waals surface area contributed by atoms with Crippen molar-refractivity contribution in [1.29, 1.82) is 0 Å². The number of rotatable bonds is 2. The van der Waals surface area contributed by atoms with E-state index in [0.717, 1.165) is 0 Å². The Morgan fingerprint density at radius 3 is 1.14 bits per heavy atom. The molecule has 2 nitrogen and oxygen atoms in total. The van der Waals surface area contributed by atoms with E-state index in [1.807, 2.05) is 0 Å². The van der Waals surface area contributed by atoms with Crippen LogP contribution < -0.4 is 0 Å². The van der Waals surface area contributed by atoms with Gasteiger partial charge in [-0.2, -0.15) is 26.3 Å². The van der Waals surface area contributed by atoms with Crippen molar-refractivity contribution in [3.8, 4) is 0 Å². The van der Waals surface area contributed by atoms with Crippen molar-refractivity contribution < 1.29 is 36.6 Å². The zero-order valence-electron chi connectivity index (χ0n) is 6.89. The average Bonchev–Trinajstić information content (AvgIpc) is 1.97. The first-order valence-electron chi connectivity index (χ1n) is 3.47. The van der Waals surface area contributed by atoms with Gasteiger partial charge in [-0.25, -0.2) is 0 Å². The lowest BCUT2D eigenvalue weighted by Crippen LogP contribution is -2.46. The minimum Gasteiger partial charge on any atom is -0.383 e. The topological polar surface area (TPSA) is 40.5 Å². The summed E-state index contributed by atoms with van der Waals surface area (Å²) in [5.41, 5.74) is 0. The van der Waals surface area contributed by atoms with E-state index >= 15 is 0 Å². The van der Waals surface area contributed by atoms with Gasteiger partial charge in [-0.1, -0.05) is 6.92 Å². The third kappa shape index (κ3) is 3.33. The first-order chi connectivity index (χ1) is 5.98. The molecule has 8 heteroatoms. The second kappa shape index (κ2) is 3.93. The van der Waals surface area contributed by atoms with Crippen LogP contribution in [0.2, 0.25) is 0 Å². The van der Waals surface area contributed by atoms with Crippen molar-refractivity contribution in [2.75, 3.05) is 0 Å². The summed E-state index contributed by atoms with van der Waals surface area (Å²) in [6.07, 6.45) is -16.7. The van der Waals surface area contributed by atoms with E-state index in [2.05, 4.69) is 0 Å². The molecule has 14 heavy (non-hydrogen) atoms. The molecule has 0 aliphatic heterocycles. The molecule has 0 radical (unpaired) electrons. The molecular weight excluding hydrogens is 218 g/mol. The fourth-order valence-corrected chi connectivity index (χ4v) is 0.769. The van der Waals surface area contributed by atoms with Crippen LogP contribution in [-0.4, -0.2) is 34.8 Å². The monoisotopic (exact) mass is 226 g/mol. The molecule has 0 bridgehead atoms. The second-order valence-electron chi connectivity index (χ2n) is 2.83. The van der Waals surface area contributed by atoms with Gasteiger partial charge in [0.15, 0.2) is 12.2 Å². The first-order valence-corrected chi connectivity index (χ1v) is 3.47. The molecule has 2 unspecified atom stereocenters. The highest BCUT2D eigenvalue weighted by molar-refractivity contribution is 4.81. The van der Waals surface area contributed by atoms with Gasteiger partial charge in [-0.3, -0.25) is 0 Å². The second-order valence-corrected chi connectivity index (χ2v) is 2.83. The van der Waals surface area contributed by atoms with Crippen molar-refractivity contribution in [3.63, 3.8) is 0 Å². The summed E-state index contributed by atoms with van der Waals surface area (Å²) in [6.45, 7) is 0.469. The maximum atomic E-state index is 11.7. The van der Waals surface area contributed by atoms with Crippen molar-refractivity contribution in [3.05, 3.63) is 0 Å². The van der Waals surface area contributed by atoms with Crippen LogP contribution in [0.1, 0.15) is 6.92 Å². The van der Waals surface area contributed by atoms with E-state index in [0.29, 0.717) is 6.92 Å². The number of aliphatic hydroxyl groups excluding tert-OH is 2. The standard InChI is InChI=1S/C6H8F6O2/c1-2(3(13)5(7,8)9)4(14)6(10,11)12/h2-4,13-14H,1H3. The van der Waals surface area contributed by atoms with Crippen LogP contribution in [-0.2, 0) is 0 Å². The number of hydrogen-bond acceptors (Lipinski definition) is 2. The molecule has 0 fully saturated rings. The van der Waals surface area contributed by atoms with Gasteiger partial charge in [0.2, 0.25) is 0 Å².